The van der Waals surface area contributed by atoms with E-state index in [0.29, 0.717) is 5.78 Å². The Morgan fingerprint density at radius 3 is 2.91 bits per heavy atom. The first kappa shape index (κ1) is 8.51. The summed E-state index contributed by atoms with van der Waals surface area (Å²) in [5.74, 6) is 0.540. The van der Waals surface area contributed by atoms with E-state index >= 15 is 0 Å². The molecule has 0 radical (unpaired) electrons. The molecule has 0 aliphatic heterocycles. The minimum absolute atomic E-state index is 0.218. The van der Waals surface area contributed by atoms with E-state index in [0.717, 1.165) is 12.8 Å². The molecular weight excluding hydrogens is 136 g/mol. The molecule has 0 bridgehead atoms. The first-order valence-corrected chi connectivity index (χ1v) is 4.48. The highest BCUT2D eigenvalue weighted by molar-refractivity contribution is 5.79. The summed E-state index contributed by atoms with van der Waals surface area (Å²) >= 11 is 0. The summed E-state index contributed by atoms with van der Waals surface area (Å²) in [5, 5.41) is 0. The van der Waals surface area contributed by atoms with Gasteiger partial charge in [-0.3, -0.25) is 4.79 Å². The molecule has 0 fully saturated rings. The fourth-order valence-electron chi connectivity index (χ4n) is 1.50. The van der Waals surface area contributed by atoms with Crippen LogP contribution in [0.3, 0.4) is 0 Å². The zero-order chi connectivity index (χ0) is 8.10. The molecule has 0 spiro atoms. The van der Waals surface area contributed by atoms with Crippen LogP contribution in [0.2, 0.25) is 0 Å². The molecule has 1 atom stereocenters. The summed E-state index contributed by atoms with van der Waals surface area (Å²) in [6, 6.07) is 0. The van der Waals surface area contributed by atoms with Gasteiger partial charge in [-0.25, -0.2) is 0 Å². The van der Waals surface area contributed by atoms with Crippen LogP contribution in [0.25, 0.3) is 0 Å². The third kappa shape index (κ3) is 2.87. The van der Waals surface area contributed by atoms with E-state index < -0.39 is 0 Å². The number of ketones is 1. The lowest BCUT2D eigenvalue weighted by Crippen LogP contribution is -2.08. The molecule has 0 aromatic rings. The topological polar surface area (TPSA) is 17.1 Å². The van der Waals surface area contributed by atoms with Crippen molar-refractivity contribution < 1.29 is 4.79 Å². The van der Waals surface area contributed by atoms with Crippen molar-refractivity contribution in [1.29, 1.82) is 0 Å². The quantitative estimate of drug-likeness (QED) is 0.528. The molecule has 0 aromatic heterocycles. The molecule has 0 aromatic carbocycles. The molecule has 0 N–H and O–H groups in total. The van der Waals surface area contributed by atoms with E-state index in [2.05, 4.69) is 12.2 Å². The van der Waals surface area contributed by atoms with E-state index in [1.54, 1.807) is 6.92 Å². The van der Waals surface area contributed by atoms with Crippen molar-refractivity contribution in [2.45, 2.75) is 39.0 Å². The van der Waals surface area contributed by atoms with Gasteiger partial charge in [0, 0.05) is 5.92 Å². The Hall–Kier alpha value is -0.590. The van der Waals surface area contributed by atoms with Crippen molar-refractivity contribution in [2.24, 2.45) is 5.92 Å². The van der Waals surface area contributed by atoms with Gasteiger partial charge in [0.1, 0.15) is 5.78 Å². The molecular formula is C10H16O. The maximum absolute atomic E-state index is 11.0. The average Bonchev–Trinajstić information content (AvgIpc) is 1.84. The van der Waals surface area contributed by atoms with E-state index in [1.165, 1.54) is 19.3 Å². The van der Waals surface area contributed by atoms with Crippen molar-refractivity contribution in [3.05, 3.63) is 12.2 Å². The second kappa shape index (κ2) is 4.32. The molecule has 0 amide bonds. The third-order valence-corrected chi connectivity index (χ3v) is 2.28. The first-order valence-electron chi connectivity index (χ1n) is 4.48. The van der Waals surface area contributed by atoms with Crippen molar-refractivity contribution in [1.82, 2.24) is 0 Å². The number of Topliss-reactive ketones (excluding diaryl/α,β-unsaturated/α-hetero) is 1. The Balaban J connectivity index is 2.48. The van der Waals surface area contributed by atoms with E-state index in [9.17, 15) is 4.79 Å². The fourth-order valence-corrected chi connectivity index (χ4v) is 1.50. The van der Waals surface area contributed by atoms with Crippen LogP contribution in [0.5, 0.6) is 0 Å². The highest BCUT2D eigenvalue weighted by Gasteiger charge is 2.10. The van der Waals surface area contributed by atoms with Gasteiger partial charge < -0.3 is 0 Å². The summed E-state index contributed by atoms with van der Waals surface area (Å²) in [6.07, 6.45) is 10.3. The number of carbonyl (C=O) groups excluding carboxylic acids is 1. The van der Waals surface area contributed by atoms with Crippen LogP contribution in [0.4, 0.5) is 0 Å². The molecule has 1 aliphatic rings. The van der Waals surface area contributed by atoms with Crippen LogP contribution < -0.4 is 0 Å². The second-order valence-electron chi connectivity index (χ2n) is 3.28. The number of carbonyl (C=O) groups is 1. The van der Waals surface area contributed by atoms with Gasteiger partial charge in [0.25, 0.3) is 0 Å². The Kier molecular flexibility index (Phi) is 3.34. The molecule has 1 rings (SSSR count). The zero-order valence-electron chi connectivity index (χ0n) is 7.18. The van der Waals surface area contributed by atoms with Crippen molar-refractivity contribution in [2.75, 3.05) is 0 Å². The summed E-state index contributed by atoms with van der Waals surface area (Å²) < 4.78 is 0. The monoisotopic (exact) mass is 152 g/mol. The van der Waals surface area contributed by atoms with Crippen LogP contribution >= 0.6 is 0 Å². The number of rotatable bonds is 1. The number of hydrogen-bond acceptors (Lipinski definition) is 1. The molecule has 62 valence electrons. The summed E-state index contributed by atoms with van der Waals surface area (Å²) in [4.78, 5) is 11.0. The van der Waals surface area contributed by atoms with Gasteiger partial charge in [-0.2, -0.15) is 0 Å². The Morgan fingerprint density at radius 1 is 1.36 bits per heavy atom. The Bertz CT molecular complexity index is 158. The van der Waals surface area contributed by atoms with Crippen molar-refractivity contribution in [3.63, 3.8) is 0 Å². The highest BCUT2D eigenvalue weighted by atomic mass is 16.1. The van der Waals surface area contributed by atoms with Crippen LogP contribution in [-0.2, 0) is 4.79 Å². The molecule has 1 heteroatoms. The van der Waals surface area contributed by atoms with E-state index in [-0.39, 0.29) is 5.92 Å². The smallest absolute Gasteiger partial charge is 0.136 e. The maximum Gasteiger partial charge on any atom is 0.136 e. The molecule has 0 saturated heterocycles. The van der Waals surface area contributed by atoms with Crippen molar-refractivity contribution >= 4 is 5.78 Å². The van der Waals surface area contributed by atoms with Gasteiger partial charge in [0.05, 0.1) is 0 Å². The van der Waals surface area contributed by atoms with Gasteiger partial charge >= 0.3 is 0 Å². The van der Waals surface area contributed by atoms with Gasteiger partial charge in [-0.05, 0) is 26.2 Å². The molecule has 0 heterocycles. The largest absolute Gasteiger partial charge is 0.299 e. The summed E-state index contributed by atoms with van der Waals surface area (Å²) in [7, 11) is 0. The standard InChI is InChI=1S/C10H16O/c1-9(11)10-7-5-3-2-4-6-8-10/h5,7,10H,2-4,6,8H2,1H3/b7-5-. The predicted octanol–water partition coefficient (Wildman–Crippen LogP) is 2.71. The molecule has 0 saturated carbocycles. The number of allylic oxidation sites excluding steroid dienone is 2. The fraction of sp³-hybridized carbons (Fsp3) is 0.700. The van der Waals surface area contributed by atoms with E-state index in [1.807, 2.05) is 0 Å². The highest BCUT2D eigenvalue weighted by Crippen LogP contribution is 2.17. The Morgan fingerprint density at radius 2 is 2.18 bits per heavy atom. The third-order valence-electron chi connectivity index (χ3n) is 2.28. The van der Waals surface area contributed by atoms with Crippen LogP contribution in [0, 0.1) is 5.92 Å². The maximum atomic E-state index is 11.0. The van der Waals surface area contributed by atoms with Crippen LogP contribution in [0.15, 0.2) is 12.2 Å². The lowest BCUT2D eigenvalue weighted by Gasteiger charge is -2.10. The molecule has 1 nitrogen and oxygen atoms in total. The predicted molar refractivity (Wildman–Crippen MR) is 46.4 cm³/mol. The zero-order valence-corrected chi connectivity index (χ0v) is 7.18. The first-order chi connectivity index (χ1) is 5.30. The minimum Gasteiger partial charge on any atom is -0.299 e. The van der Waals surface area contributed by atoms with Crippen molar-refractivity contribution in [3.8, 4) is 0 Å². The Labute approximate surface area is 68.5 Å². The second-order valence-corrected chi connectivity index (χ2v) is 3.28. The normalized spacial score (nSPS) is 28.6. The van der Waals surface area contributed by atoms with Gasteiger partial charge in [0.15, 0.2) is 0 Å². The van der Waals surface area contributed by atoms with Crippen LogP contribution in [-0.4, -0.2) is 5.78 Å². The van der Waals surface area contributed by atoms with Gasteiger partial charge in [-0.1, -0.05) is 25.0 Å². The van der Waals surface area contributed by atoms with Gasteiger partial charge in [0.2, 0.25) is 0 Å². The average molecular weight is 152 g/mol. The molecule has 11 heavy (non-hydrogen) atoms. The number of hydrogen-bond donors (Lipinski definition) is 0. The summed E-state index contributed by atoms with van der Waals surface area (Å²) in [6.45, 7) is 1.69. The minimum atomic E-state index is 0.218. The molecule has 1 unspecified atom stereocenters. The lowest BCUT2D eigenvalue weighted by molar-refractivity contribution is -0.119. The van der Waals surface area contributed by atoms with Crippen LogP contribution in [0.1, 0.15) is 39.0 Å². The van der Waals surface area contributed by atoms with Gasteiger partial charge in [-0.15, -0.1) is 0 Å². The SMILES string of the molecule is CC(=O)C1/C=C\CCCCC1. The van der Waals surface area contributed by atoms with E-state index in [4.69, 9.17) is 0 Å². The lowest BCUT2D eigenvalue weighted by atomic mass is 9.94. The summed E-state index contributed by atoms with van der Waals surface area (Å²) in [5.41, 5.74) is 0. The molecule has 1 aliphatic carbocycles.